The molecule has 0 aliphatic carbocycles. The lowest BCUT2D eigenvalue weighted by Crippen LogP contribution is -2.27. The van der Waals surface area contributed by atoms with Crippen LogP contribution in [0.5, 0.6) is 11.5 Å². The molecule has 24 heavy (non-hydrogen) atoms. The number of nitrogens with one attached hydrogen (secondary N) is 1. The Bertz CT molecular complexity index is 578. The Labute approximate surface area is 146 Å². The smallest absolute Gasteiger partial charge is 0.118 e. The van der Waals surface area contributed by atoms with Crippen molar-refractivity contribution in [2.75, 3.05) is 20.8 Å². The molecule has 0 aromatic heterocycles. The molecule has 2 rings (SSSR count). The summed E-state index contributed by atoms with van der Waals surface area (Å²) in [5.41, 5.74) is 2.73. The van der Waals surface area contributed by atoms with Crippen LogP contribution in [0.15, 0.2) is 48.5 Å². The van der Waals surface area contributed by atoms with Gasteiger partial charge in [-0.05, 0) is 74.5 Å². The molecule has 0 radical (unpaired) electrons. The van der Waals surface area contributed by atoms with Gasteiger partial charge >= 0.3 is 0 Å². The summed E-state index contributed by atoms with van der Waals surface area (Å²) < 4.78 is 10.4. The lowest BCUT2D eigenvalue weighted by atomic mass is 10.1. The molecule has 0 amide bonds. The molecule has 1 atom stereocenters. The minimum absolute atomic E-state index is 0.531. The maximum absolute atomic E-state index is 5.19. The zero-order valence-corrected chi connectivity index (χ0v) is 15.0. The van der Waals surface area contributed by atoms with Gasteiger partial charge in [-0.15, -0.1) is 0 Å². The number of ether oxygens (including phenoxy) is 2. The first kappa shape index (κ1) is 18.3. The second-order valence-electron chi connectivity index (χ2n) is 6.19. The van der Waals surface area contributed by atoms with Crippen LogP contribution in [-0.2, 0) is 12.8 Å². The van der Waals surface area contributed by atoms with Crippen LogP contribution < -0.4 is 14.8 Å². The van der Waals surface area contributed by atoms with Gasteiger partial charge < -0.3 is 14.8 Å². The van der Waals surface area contributed by atoms with Gasteiger partial charge in [-0.1, -0.05) is 24.3 Å². The zero-order valence-electron chi connectivity index (χ0n) is 15.0. The molecule has 0 saturated carbocycles. The highest BCUT2D eigenvalue weighted by Gasteiger charge is 2.03. The Kier molecular flexibility index (Phi) is 7.63. The fourth-order valence-electron chi connectivity index (χ4n) is 2.71. The Morgan fingerprint density at radius 3 is 1.79 bits per heavy atom. The van der Waals surface area contributed by atoms with Crippen molar-refractivity contribution in [1.82, 2.24) is 5.32 Å². The molecule has 3 heteroatoms. The zero-order chi connectivity index (χ0) is 17.2. The number of aryl methyl sites for hydroxylation is 2. The second kappa shape index (κ2) is 9.99. The van der Waals surface area contributed by atoms with Gasteiger partial charge in [0.15, 0.2) is 0 Å². The number of hydrogen-bond donors (Lipinski definition) is 1. The van der Waals surface area contributed by atoms with Gasteiger partial charge in [0, 0.05) is 6.04 Å². The first-order chi connectivity index (χ1) is 11.7. The van der Waals surface area contributed by atoms with Crippen LogP contribution in [0, 0.1) is 0 Å². The van der Waals surface area contributed by atoms with Gasteiger partial charge in [-0.25, -0.2) is 0 Å². The van der Waals surface area contributed by atoms with E-state index in [9.17, 15) is 0 Å². The molecule has 0 heterocycles. The molecule has 0 bridgehead atoms. The standard InChI is InChI=1S/C21H29NO2/c1-17(6-7-19-10-14-21(24-3)15-11-19)22-16-4-5-18-8-12-20(23-2)13-9-18/h8-15,17,22H,4-7,16H2,1-3H3. The summed E-state index contributed by atoms with van der Waals surface area (Å²) in [7, 11) is 3.40. The fraction of sp³-hybridized carbons (Fsp3) is 0.429. The van der Waals surface area contributed by atoms with Crippen molar-refractivity contribution in [3.8, 4) is 11.5 Å². The van der Waals surface area contributed by atoms with Crippen LogP contribution >= 0.6 is 0 Å². The molecule has 0 saturated heterocycles. The highest BCUT2D eigenvalue weighted by molar-refractivity contribution is 5.28. The largest absolute Gasteiger partial charge is 0.497 e. The summed E-state index contributed by atoms with van der Waals surface area (Å²) in [6.45, 7) is 3.31. The van der Waals surface area contributed by atoms with Crippen LogP contribution in [0.4, 0.5) is 0 Å². The van der Waals surface area contributed by atoms with E-state index in [2.05, 4.69) is 36.5 Å². The van der Waals surface area contributed by atoms with E-state index in [4.69, 9.17) is 9.47 Å². The van der Waals surface area contributed by atoms with Crippen molar-refractivity contribution in [2.24, 2.45) is 0 Å². The van der Waals surface area contributed by atoms with Crippen molar-refractivity contribution in [3.63, 3.8) is 0 Å². The van der Waals surface area contributed by atoms with Crippen molar-refractivity contribution in [2.45, 2.75) is 38.6 Å². The summed E-state index contributed by atoms with van der Waals surface area (Å²) in [5, 5.41) is 3.62. The van der Waals surface area contributed by atoms with E-state index in [-0.39, 0.29) is 0 Å². The number of hydrogen-bond acceptors (Lipinski definition) is 3. The Morgan fingerprint density at radius 2 is 1.29 bits per heavy atom. The Morgan fingerprint density at radius 1 is 0.792 bits per heavy atom. The van der Waals surface area contributed by atoms with Crippen LogP contribution in [0.2, 0.25) is 0 Å². The number of benzene rings is 2. The molecule has 2 aromatic carbocycles. The third kappa shape index (κ3) is 6.25. The first-order valence-corrected chi connectivity index (χ1v) is 8.70. The van der Waals surface area contributed by atoms with E-state index in [0.29, 0.717) is 6.04 Å². The average Bonchev–Trinajstić information content (AvgIpc) is 2.64. The topological polar surface area (TPSA) is 30.5 Å². The summed E-state index contributed by atoms with van der Waals surface area (Å²) in [4.78, 5) is 0. The minimum atomic E-state index is 0.531. The normalized spacial score (nSPS) is 12.0. The van der Waals surface area contributed by atoms with Gasteiger partial charge in [0.05, 0.1) is 14.2 Å². The highest BCUT2D eigenvalue weighted by atomic mass is 16.5. The van der Waals surface area contributed by atoms with Crippen LogP contribution in [0.25, 0.3) is 0 Å². The van der Waals surface area contributed by atoms with E-state index in [1.54, 1.807) is 14.2 Å². The quantitative estimate of drug-likeness (QED) is 0.662. The molecule has 0 spiro atoms. The molecule has 0 aliphatic rings. The molecule has 1 unspecified atom stereocenters. The lowest BCUT2D eigenvalue weighted by molar-refractivity contribution is 0.414. The van der Waals surface area contributed by atoms with Crippen molar-refractivity contribution >= 4 is 0 Å². The molecular weight excluding hydrogens is 298 g/mol. The van der Waals surface area contributed by atoms with E-state index in [1.807, 2.05) is 24.3 Å². The Balaban J connectivity index is 1.61. The first-order valence-electron chi connectivity index (χ1n) is 8.70. The summed E-state index contributed by atoms with van der Waals surface area (Å²) in [6, 6.07) is 17.2. The second-order valence-corrected chi connectivity index (χ2v) is 6.19. The van der Waals surface area contributed by atoms with E-state index >= 15 is 0 Å². The molecule has 2 aromatic rings. The molecule has 0 aliphatic heterocycles. The maximum atomic E-state index is 5.19. The SMILES string of the molecule is COc1ccc(CCCNC(C)CCc2ccc(OC)cc2)cc1. The van der Waals surface area contributed by atoms with Crippen LogP contribution in [0.3, 0.4) is 0 Å². The molecular formula is C21H29NO2. The molecule has 1 N–H and O–H groups in total. The third-order valence-corrected chi connectivity index (χ3v) is 4.32. The maximum Gasteiger partial charge on any atom is 0.118 e. The average molecular weight is 327 g/mol. The monoisotopic (exact) mass is 327 g/mol. The van der Waals surface area contributed by atoms with Gasteiger partial charge in [0.1, 0.15) is 11.5 Å². The van der Waals surface area contributed by atoms with E-state index < -0.39 is 0 Å². The molecule has 130 valence electrons. The third-order valence-electron chi connectivity index (χ3n) is 4.32. The van der Waals surface area contributed by atoms with Gasteiger partial charge in [0.25, 0.3) is 0 Å². The lowest BCUT2D eigenvalue weighted by Gasteiger charge is -2.14. The van der Waals surface area contributed by atoms with Crippen molar-refractivity contribution < 1.29 is 9.47 Å². The predicted octanol–water partition coefficient (Wildman–Crippen LogP) is 4.25. The Hall–Kier alpha value is -2.00. The van der Waals surface area contributed by atoms with E-state index in [0.717, 1.165) is 43.7 Å². The fourth-order valence-corrected chi connectivity index (χ4v) is 2.71. The minimum Gasteiger partial charge on any atom is -0.497 e. The summed E-state index contributed by atoms with van der Waals surface area (Å²) >= 11 is 0. The molecule has 3 nitrogen and oxygen atoms in total. The number of rotatable bonds is 10. The van der Waals surface area contributed by atoms with Crippen LogP contribution in [0.1, 0.15) is 30.9 Å². The van der Waals surface area contributed by atoms with Gasteiger partial charge in [-0.2, -0.15) is 0 Å². The van der Waals surface area contributed by atoms with Crippen molar-refractivity contribution in [3.05, 3.63) is 59.7 Å². The van der Waals surface area contributed by atoms with Crippen molar-refractivity contribution in [1.29, 1.82) is 0 Å². The number of methoxy groups -OCH3 is 2. The van der Waals surface area contributed by atoms with Crippen LogP contribution in [-0.4, -0.2) is 26.8 Å². The summed E-state index contributed by atoms with van der Waals surface area (Å²) in [5.74, 6) is 1.84. The molecule has 0 fully saturated rings. The highest BCUT2D eigenvalue weighted by Crippen LogP contribution is 2.14. The van der Waals surface area contributed by atoms with Gasteiger partial charge in [0.2, 0.25) is 0 Å². The predicted molar refractivity (Wildman–Crippen MR) is 100 cm³/mol. The summed E-state index contributed by atoms with van der Waals surface area (Å²) in [6.07, 6.45) is 4.49. The van der Waals surface area contributed by atoms with E-state index in [1.165, 1.54) is 11.1 Å². The van der Waals surface area contributed by atoms with Gasteiger partial charge in [-0.3, -0.25) is 0 Å².